The summed E-state index contributed by atoms with van der Waals surface area (Å²) < 4.78 is 5.14. The van der Waals surface area contributed by atoms with Crippen molar-refractivity contribution in [1.82, 2.24) is 0 Å². The van der Waals surface area contributed by atoms with E-state index in [9.17, 15) is 9.59 Å². The molecule has 0 saturated carbocycles. The first kappa shape index (κ1) is 12.1. The fourth-order valence-corrected chi connectivity index (χ4v) is 1.62. The molecule has 4 heteroatoms. The molecule has 92 valence electrons. The lowest BCUT2D eigenvalue weighted by Gasteiger charge is -2.06. The number of benzene rings is 1. The number of carbonyl (C=O) groups excluding carboxylic acids is 2. The molecular formula is C14H13NO3. The van der Waals surface area contributed by atoms with E-state index in [4.69, 9.17) is 4.42 Å². The van der Waals surface area contributed by atoms with Gasteiger partial charge in [-0.05, 0) is 24.3 Å². The predicted octanol–water partition coefficient (Wildman–Crippen LogP) is 2.66. The molecule has 0 bridgehead atoms. The van der Waals surface area contributed by atoms with Crippen molar-refractivity contribution in [1.29, 1.82) is 0 Å². The molecule has 2 rings (SSSR count). The highest BCUT2D eigenvalue weighted by atomic mass is 16.3. The summed E-state index contributed by atoms with van der Waals surface area (Å²) in [5.41, 5.74) is 1.01. The van der Waals surface area contributed by atoms with Gasteiger partial charge >= 0.3 is 0 Å². The van der Waals surface area contributed by atoms with Crippen molar-refractivity contribution < 1.29 is 14.0 Å². The van der Waals surface area contributed by atoms with Crippen LogP contribution in [0.25, 0.3) is 0 Å². The van der Waals surface area contributed by atoms with E-state index >= 15 is 0 Å². The minimum absolute atomic E-state index is 0.138. The first-order valence-electron chi connectivity index (χ1n) is 5.66. The van der Waals surface area contributed by atoms with Gasteiger partial charge in [0.2, 0.25) is 5.91 Å². The molecule has 2 aromatic rings. The lowest BCUT2D eigenvalue weighted by atomic mass is 10.2. The van der Waals surface area contributed by atoms with Gasteiger partial charge in [0, 0.05) is 18.4 Å². The predicted molar refractivity (Wildman–Crippen MR) is 67.5 cm³/mol. The van der Waals surface area contributed by atoms with E-state index in [0.29, 0.717) is 24.1 Å². The molecule has 1 heterocycles. The molecule has 1 aromatic heterocycles. The molecule has 1 N–H and O–H groups in total. The van der Waals surface area contributed by atoms with E-state index in [1.807, 2.05) is 6.07 Å². The van der Waals surface area contributed by atoms with Gasteiger partial charge in [-0.15, -0.1) is 0 Å². The summed E-state index contributed by atoms with van der Waals surface area (Å²) in [6.45, 7) is 0. The Bertz CT molecular complexity index is 532. The van der Waals surface area contributed by atoms with Gasteiger partial charge in [0.15, 0.2) is 6.29 Å². The molecular weight excluding hydrogens is 230 g/mol. The molecule has 0 aliphatic carbocycles. The monoisotopic (exact) mass is 243 g/mol. The zero-order valence-electron chi connectivity index (χ0n) is 9.76. The number of furan rings is 1. The van der Waals surface area contributed by atoms with Crippen molar-refractivity contribution in [2.24, 2.45) is 0 Å². The number of amides is 1. The quantitative estimate of drug-likeness (QED) is 0.821. The standard InChI is InChI=1S/C14H13NO3/c16-10-11-4-1-2-6-13(11)15-14(17)8-7-12-5-3-9-18-12/h1-6,9-10H,7-8H2,(H,15,17). The Kier molecular flexibility index (Phi) is 3.91. The summed E-state index contributed by atoms with van der Waals surface area (Å²) >= 11 is 0. The third kappa shape index (κ3) is 3.07. The minimum atomic E-state index is -0.138. The number of para-hydroxylation sites is 1. The highest BCUT2D eigenvalue weighted by molar-refractivity contribution is 5.96. The summed E-state index contributed by atoms with van der Waals surface area (Å²) in [7, 11) is 0. The normalized spacial score (nSPS) is 10.0. The molecule has 18 heavy (non-hydrogen) atoms. The summed E-state index contributed by atoms with van der Waals surface area (Å²) in [6, 6.07) is 10.5. The topological polar surface area (TPSA) is 59.3 Å². The summed E-state index contributed by atoms with van der Waals surface area (Å²) in [5, 5.41) is 2.71. The molecule has 0 spiro atoms. The average molecular weight is 243 g/mol. The molecule has 1 amide bonds. The Labute approximate surface area is 105 Å². The van der Waals surface area contributed by atoms with Gasteiger partial charge in [0.05, 0.1) is 12.0 Å². The van der Waals surface area contributed by atoms with Gasteiger partial charge in [-0.25, -0.2) is 0 Å². The second kappa shape index (κ2) is 5.82. The van der Waals surface area contributed by atoms with E-state index in [-0.39, 0.29) is 5.91 Å². The number of rotatable bonds is 5. The lowest BCUT2D eigenvalue weighted by molar-refractivity contribution is -0.116. The summed E-state index contributed by atoms with van der Waals surface area (Å²) in [4.78, 5) is 22.5. The third-order valence-corrected chi connectivity index (χ3v) is 2.54. The van der Waals surface area contributed by atoms with E-state index < -0.39 is 0 Å². The van der Waals surface area contributed by atoms with Gasteiger partial charge in [-0.3, -0.25) is 9.59 Å². The SMILES string of the molecule is O=Cc1ccccc1NC(=O)CCc1ccco1. The first-order chi connectivity index (χ1) is 8.79. The summed E-state index contributed by atoms with van der Waals surface area (Å²) in [6.07, 6.45) is 3.17. The van der Waals surface area contributed by atoms with E-state index in [0.717, 1.165) is 12.0 Å². The third-order valence-electron chi connectivity index (χ3n) is 2.54. The molecule has 1 aromatic carbocycles. The lowest BCUT2D eigenvalue weighted by Crippen LogP contribution is -2.13. The van der Waals surface area contributed by atoms with Crippen LogP contribution in [0.4, 0.5) is 5.69 Å². The Morgan fingerprint density at radius 1 is 1.22 bits per heavy atom. The van der Waals surface area contributed by atoms with E-state index in [1.54, 1.807) is 36.6 Å². The van der Waals surface area contributed by atoms with Crippen molar-refractivity contribution in [3.8, 4) is 0 Å². The van der Waals surface area contributed by atoms with Crippen molar-refractivity contribution >= 4 is 17.9 Å². The maximum Gasteiger partial charge on any atom is 0.224 e. The number of aryl methyl sites for hydroxylation is 1. The molecule has 0 aliphatic rings. The van der Waals surface area contributed by atoms with Crippen LogP contribution < -0.4 is 5.32 Å². The largest absolute Gasteiger partial charge is 0.469 e. The van der Waals surface area contributed by atoms with Crippen LogP contribution in [0.5, 0.6) is 0 Å². The van der Waals surface area contributed by atoms with Gasteiger partial charge in [0.1, 0.15) is 5.76 Å². The van der Waals surface area contributed by atoms with Crippen LogP contribution in [0.1, 0.15) is 22.5 Å². The first-order valence-corrected chi connectivity index (χ1v) is 5.66. The maximum atomic E-state index is 11.7. The molecule has 0 fully saturated rings. The minimum Gasteiger partial charge on any atom is -0.469 e. The Hall–Kier alpha value is -2.36. The molecule has 0 saturated heterocycles. The highest BCUT2D eigenvalue weighted by Crippen LogP contribution is 2.13. The molecule has 0 atom stereocenters. The van der Waals surface area contributed by atoms with Crippen LogP contribution >= 0.6 is 0 Å². The number of nitrogens with one attached hydrogen (secondary N) is 1. The molecule has 4 nitrogen and oxygen atoms in total. The van der Waals surface area contributed by atoms with Crippen LogP contribution in [0.15, 0.2) is 47.1 Å². The second-order valence-corrected chi connectivity index (χ2v) is 3.83. The highest BCUT2D eigenvalue weighted by Gasteiger charge is 2.07. The zero-order valence-corrected chi connectivity index (χ0v) is 9.76. The second-order valence-electron chi connectivity index (χ2n) is 3.83. The van der Waals surface area contributed by atoms with Crippen LogP contribution in [-0.2, 0) is 11.2 Å². The molecule has 0 aliphatic heterocycles. The number of aldehydes is 1. The van der Waals surface area contributed by atoms with Crippen molar-refractivity contribution in [2.45, 2.75) is 12.8 Å². The smallest absolute Gasteiger partial charge is 0.224 e. The fraction of sp³-hybridized carbons (Fsp3) is 0.143. The van der Waals surface area contributed by atoms with Crippen molar-refractivity contribution in [2.75, 3.05) is 5.32 Å². The zero-order chi connectivity index (χ0) is 12.8. The molecule has 0 unspecified atom stereocenters. The Balaban J connectivity index is 1.92. The number of hydrogen-bond donors (Lipinski definition) is 1. The van der Waals surface area contributed by atoms with Gasteiger partial charge in [0.25, 0.3) is 0 Å². The van der Waals surface area contributed by atoms with Gasteiger partial charge in [-0.1, -0.05) is 12.1 Å². The Morgan fingerprint density at radius 2 is 2.06 bits per heavy atom. The van der Waals surface area contributed by atoms with Crippen LogP contribution in [-0.4, -0.2) is 12.2 Å². The van der Waals surface area contributed by atoms with Crippen molar-refractivity contribution in [3.05, 3.63) is 54.0 Å². The number of carbonyl (C=O) groups is 2. The van der Waals surface area contributed by atoms with E-state index in [2.05, 4.69) is 5.32 Å². The van der Waals surface area contributed by atoms with E-state index in [1.165, 1.54) is 0 Å². The maximum absolute atomic E-state index is 11.7. The van der Waals surface area contributed by atoms with Crippen molar-refractivity contribution in [3.63, 3.8) is 0 Å². The number of anilines is 1. The molecule has 0 radical (unpaired) electrons. The van der Waals surface area contributed by atoms with Crippen LogP contribution in [0.2, 0.25) is 0 Å². The Morgan fingerprint density at radius 3 is 2.78 bits per heavy atom. The number of hydrogen-bond acceptors (Lipinski definition) is 3. The fourth-order valence-electron chi connectivity index (χ4n) is 1.62. The average Bonchev–Trinajstić information content (AvgIpc) is 2.90. The van der Waals surface area contributed by atoms with Gasteiger partial charge in [-0.2, -0.15) is 0 Å². The van der Waals surface area contributed by atoms with Crippen LogP contribution in [0, 0.1) is 0 Å². The van der Waals surface area contributed by atoms with Gasteiger partial charge < -0.3 is 9.73 Å². The summed E-state index contributed by atoms with van der Waals surface area (Å²) in [5.74, 6) is 0.634. The van der Waals surface area contributed by atoms with Crippen LogP contribution in [0.3, 0.4) is 0 Å².